The second kappa shape index (κ2) is 31.8. The van der Waals surface area contributed by atoms with E-state index in [2.05, 4.69) is 9.97 Å². The standard InChI is InChI=1S/C24H24N2O4.C22H19NO5.C17H16O5.2CH4/c1-26(2)24(27)22(15-17-13-20(28-3)16-21(14-17)29-4)18-8-10-19(11-9-18)30-23-7-5-6-12-25-23;1-26-18-11-15(12-19(14-18)27-2)13-20(22(24)25)16-6-8-17(9-7-16)28-21-5-3-4-10-23-21;1-21-14-7-11(8-15(10-14)22-2)9-16(17(19)20)12-3-5-13(18)6-4-12;;/h5-16H,1-4H3;3-14H,1-2H3,(H,24,25);3-10,18H,1-2H3,(H,19,20);2*1H4/b22-15+;20-13+;16-9+;;. The first-order chi connectivity index (χ1) is 38.6. The number of hydrogen-bond donors (Lipinski definition) is 3. The van der Waals surface area contributed by atoms with Gasteiger partial charge in [0.05, 0.1) is 53.8 Å². The van der Waals surface area contributed by atoms with Crippen LogP contribution in [0.3, 0.4) is 0 Å². The number of aromatic nitrogens is 2. The molecule has 0 spiro atoms. The second-order valence-electron chi connectivity index (χ2n) is 17.1. The van der Waals surface area contributed by atoms with E-state index in [1.165, 1.54) is 32.4 Å². The van der Waals surface area contributed by atoms with Gasteiger partial charge in [0.25, 0.3) is 5.91 Å². The minimum atomic E-state index is -1.06. The molecule has 0 radical (unpaired) electrons. The van der Waals surface area contributed by atoms with Crippen LogP contribution in [0.4, 0.5) is 0 Å². The molecule has 17 nitrogen and oxygen atoms in total. The Morgan fingerprint density at radius 3 is 0.963 bits per heavy atom. The largest absolute Gasteiger partial charge is 0.508 e. The van der Waals surface area contributed by atoms with Gasteiger partial charge in [0.2, 0.25) is 11.8 Å². The molecule has 0 bridgehead atoms. The van der Waals surface area contributed by atoms with E-state index in [0.29, 0.717) is 85.6 Å². The number of pyridine rings is 2. The molecule has 1 amide bonds. The van der Waals surface area contributed by atoms with Crippen molar-refractivity contribution in [1.82, 2.24) is 14.9 Å². The Bertz CT molecular complexity index is 3370. The number of likely N-dealkylation sites (N-methyl/N-ethyl adjacent to an activating group) is 1. The van der Waals surface area contributed by atoms with Gasteiger partial charge in [-0.2, -0.15) is 0 Å². The van der Waals surface area contributed by atoms with E-state index in [1.807, 2.05) is 60.7 Å². The number of carbonyl (C=O) groups is 3. The van der Waals surface area contributed by atoms with Gasteiger partial charge in [0, 0.05) is 62.4 Å². The number of aromatic hydroxyl groups is 1. The number of carbonyl (C=O) groups excluding carboxylic acids is 1. The molecule has 6 aromatic carbocycles. The number of phenolic OH excluding ortho intramolecular Hbond substituents is 1. The zero-order chi connectivity index (χ0) is 57.6. The summed E-state index contributed by atoms with van der Waals surface area (Å²) in [4.78, 5) is 46.0. The monoisotopic (exact) mass is 1110 g/mol. The molecule has 0 aliphatic heterocycles. The van der Waals surface area contributed by atoms with Gasteiger partial charge in [0.1, 0.15) is 51.7 Å². The lowest BCUT2D eigenvalue weighted by Gasteiger charge is -2.15. The van der Waals surface area contributed by atoms with Crippen molar-refractivity contribution in [2.24, 2.45) is 0 Å². The predicted molar refractivity (Wildman–Crippen MR) is 319 cm³/mol. The fraction of sp³-hybridized carbons (Fsp3) is 0.154. The van der Waals surface area contributed by atoms with E-state index >= 15 is 0 Å². The number of aliphatic carboxylic acids is 2. The number of ether oxygens (including phenoxy) is 8. The summed E-state index contributed by atoms with van der Waals surface area (Å²) < 4.78 is 42.9. The number of amides is 1. The minimum Gasteiger partial charge on any atom is -0.508 e. The maximum absolute atomic E-state index is 12.9. The molecule has 0 unspecified atom stereocenters. The molecular weight excluding hydrogens is 1050 g/mol. The Morgan fingerprint density at radius 2 is 0.695 bits per heavy atom. The summed E-state index contributed by atoms with van der Waals surface area (Å²) in [6.45, 7) is 0. The van der Waals surface area contributed by atoms with Gasteiger partial charge in [-0.3, -0.25) is 4.79 Å². The molecule has 0 aliphatic carbocycles. The molecule has 2 aromatic heterocycles. The van der Waals surface area contributed by atoms with Crippen molar-refractivity contribution in [2.75, 3.05) is 56.8 Å². The van der Waals surface area contributed by atoms with E-state index in [4.69, 9.17) is 37.9 Å². The molecule has 426 valence electrons. The third-order valence-corrected chi connectivity index (χ3v) is 11.4. The highest BCUT2D eigenvalue weighted by molar-refractivity contribution is 6.24. The van der Waals surface area contributed by atoms with Crippen molar-refractivity contribution in [3.63, 3.8) is 0 Å². The van der Waals surface area contributed by atoms with Crippen molar-refractivity contribution >= 4 is 52.8 Å². The number of rotatable bonds is 19. The van der Waals surface area contributed by atoms with Crippen LogP contribution in [0.25, 0.3) is 34.9 Å². The van der Waals surface area contributed by atoms with E-state index < -0.39 is 11.9 Å². The second-order valence-corrected chi connectivity index (χ2v) is 17.1. The molecule has 2 heterocycles. The summed E-state index contributed by atoms with van der Waals surface area (Å²) in [5, 5.41) is 28.4. The normalized spacial score (nSPS) is 10.8. The summed E-state index contributed by atoms with van der Waals surface area (Å²) in [7, 11) is 12.8. The Kier molecular flexibility index (Phi) is 24.8. The summed E-state index contributed by atoms with van der Waals surface area (Å²) in [6, 6.07) is 46.7. The lowest BCUT2D eigenvalue weighted by atomic mass is 10.0. The quantitative estimate of drug-likeness (QED) is 0.0507. The van der Waals surface area contributed by atoms with Crippen LogP contribution in [0.15, 0.2) is 176 Å². The number of methoxy groups -OCH3 is 6. The average molecular weight is 1110 g/mol. The number of nitrogens with zero attached hydrogens (tertiary/aromatic N) is 3. The Hall–Kier alpha value is -10.6. The zero-order valence-electron chi connectivity index (χ0n) is 45.1. The summed E-state index contributed by atoms with van der Waals surface area (Å²) >= 11 is 0. The van der Waals surface area contributed by atoms with Crippen LogP contribution in [0.5, 0.6) is 63.5 Å². The minimum absolute atomic E-state index is 0. The topological polar surface area (TPSA) is 215 Å². The van der Waals surface area contributed by atoms with Gasteiger partial charge in [-0.15, -0.1) is 0 Å². The smallest absolute Gasteiger partial charge is 0.336 e. The third-order valence-electron chi connectivity index (χ3n) is 11.4. The molecule has 0 saturated carbocycles. The summed E-state index contributed by atoms with van der Waals surface area (Å²) in [6.07, 6.45) is 8.23. The molecule has 0 fully saturated rings. The van der Waals surface area contributed by atoms with E-state index in [-0.39, 0.29) is 37.7 Å². The fourth-order valence-corrected chi connectivity index (χ4v) is 7.39. The lowest BCUT2D eigenvalue weighted by Crippen LogP contribution is -2.22. The first kappa shape index (κ1) is 64.0. The van der Waals surface area contributed by atoms with Crippen LogP contribution in [0, 0.1) is 0 Å². The summed E-state index contributed by atoms with van der Waals surface area (Å²) in [5.74, 6) is 3.63. The highest BCUT2D eigenvalue weighted by Crippen LogP contribution is 2.32. The van der Waals surface area contributed by atoms with Gasteiger partial charge in [0.15, 0.2) is 0 Å². The van der Waals surface area contributed by atoms with Crippen LogP contribution in [0.1, 0.15) is 48.2 Å². The van der Waals surface area contributed by atoms with Crippen molar-refractivity contribution in [1.29, 1.82) is 0 Å². The lowest BCUT2D eigenvalue weighted by molar-refractivity contribution is -0.131. The fourth-order valence-electron chi connectivity index (χ4n) is 7.39. The highest BCUT2D eigenvalue weighted by Gasteiger charge is 2.17. The van der Waals surface area contributed by atoms with E-state index in [1.54, 1.807) is 163 Å². The molecule has 82 heavy (non-hydrogen) atoms. The van der Waals surface area contributed by atoms with Crippen molar-refractivity contribution in [2.45, 2.75) is 14.9 Å². The SMILES string of the molecule is C.C.COc1cc(/C=C(/C(=O)N(C)C)c2ccc(Oc3ccccn3)cc2)cc(OC)c1.COc1cc(/C=C(/C(=O)O)c2ccc(O)cc2)cc(OC)c1.COc1cc(/C=C(/C(=O)O)c2ccc(Oc3ccccn3)cc2)cc(OC)c1. The number of carboxylic acids is 2. The van der Waals surface area contributed by atoms with Crippen molar-refractivity contribution < 1.29 is 67.6 Å². The Balaban J connectivity index is 0.000000264. The molecule has 17 heteroatoms. The Labute approximate surface area is 478 Å². The maximum Gasteiger partial charge on any atom is 0.336 e. The van der Waals surface area contributed by atoms with Crippen LogP contribution in [-0.4, -0.2) is 105 Å². The molecule has 0 saturated heterocycles. The van der Waals surface area contributed by atoms with Gasteiger partial charge in [-0.05, 0) is 137 Å². The third kappa shape index (κ3) is 18.8. The van der Waals surface area contributed by atoms with Crippen LogP contribution in [0.2, 0.25) is 0 Å². The predicted octanol–water partition coefficient (Wildman–Crippen LogP) is 13.3. The Morgan fingerprint density at radius 1 is 0.402 bits per heavy atom. The molecule has 3 N–H and O–H groups in total. The molecule has 0 atom stereocenters. The maximum atomic E-state index is 12.9. The average Bonchev–Trinajstić information content (AvgIpc) is 3.56. The van der Waals surface area contributed by atoms with Gasteiger partial charge in [-0.25, -0.2) is 19.6 Å². The molecule has 8 rings (SSSR count). The highest BCUT2D eigenvalue weighted by atomic mass is 16.5. The first-order valence-corrected chi connectivity index (χ1v) is 24.3. The van der Waals surface area contributed by atoms with Crippen LogP contribution in [-0.2, 0) is 14.4 Å². The number of hydrogen-bond acceptors (Lipinski definition) is 14. The van der Waals surface area contributed by atoms with Gasteiger partial charge < -0.3 is 58.1 Å². The van der Waals surface area contributed by atoms with E-state index in [9.17, 15) is 29.7 Å². The summed E-state index contributed by atoms with van der Waals surface area (Å²) in [5.41, 5.74) is 4.68. The number of carboxylic acid groups (broad SMARTS) is 2. The first-order valence-electron chi connectivity index (χ1n) is 24.3. The van der Waals surface area contributed by atoms with Crippen LogP contribution < -0.4 is 37.9 Å². The van der Waals surface area contributed by atoms with Crippen molar-refractivity contribution in [3.05, 3.63) is 210 Å². The van der Waals surface area contributed by atoms with Gasteiger partial charge in [-0.1, -0.05) is 63.4 Å². The molecule has 0 aliphatic rings. The number of benzene rings is 6. The number of phenols is 1. The van der Waals surface area contributed by atoms with Crippen molar-refractivity contribution in [3.8, 4) is 63.5 Å². The van der Waals surface area contributed by atoms with Crippen LogP contribution >= 0.6 is 0 Å². The molecular formula is C65H67N3O14. The molecule has 8 aromatic rings. The van der Waals surface area contributed by atoms with E-state index in [0.717, 1.165) is 11.1 Å². The zero-order valence-corrected chi connectivity index (χ0v) is 45.1. The van der Waals surface area contributed by atoms with Gasteiger partial charge >= 0.3 is 11.9 Å².